The maximum Gasteiger partial charge on any atom is 0.472 e. The number of phosphoric acid groups is 1. The van der Waals surface area contributed by atoms with Gasteiger partial charge < -0.3 is 88.7 Å². The van der Waals surface area contributed by atoms with Crippen LogP contribution in [-0.4, -0.2) is 205 Å². The monoisotopic (exact) mass is 1650 g/mol. The van der Waals surface area contributed by atoms with Gasteiger partial charge in [0.15, 0.2) is 24.8 Å². The van der Waals surface area contributed by atoms with Crippen LogP contribution >= 0.6 is 7.82 Å². The van der Waals surface area contributed by atoms with E-state index < -0.39 is 162 Å². The highest BCUT2D eigenvalue weighted by Gasteiger charge is 2.60. The maximum atomic E-state index is 14.9. The van der Waals surface area contributed by atoms with Gasteiger partial charge in [0.2, 0.25) is 0 Å². The molecule has 2 saturated heterocycles. The summed E-state index contributed by atoms with van der Waals surface area (Å²) >= 11 is 0. The molecule has 114 heavy (non-hydrogen) atoms. The summed E-state index contributed by atoms with van der Waals surface area (Å²) in [6.45, 7) is 7.86. The van der Waals surface area contributed by atoms with Crippen LogP contribution in [0.25, 0.3) is 0 Å². The van der Waals surface area contributed by atoms with Crippen LogP contribution in [0, 0.1) is 5.92 Å². The molecule has 0 aromatic heterocycles. The molecule has 0 aromatic rings. The lowest BCUT2D eigenvalue weighted by Gasteiger charge is -2.50. The van der Waals surface area contributed by atoms with Gasteiger partial charge in [-0.25, -0.2) is 4.57 Å². The van der Waals surface area contributed by atoms with E-state index in [2.05, 4.69) is 58.9 Å². The number of carbonyl (C=O) groups excluding carboxylic acids is 4. The molecule has 25 nitrogen and oxygen atoms in total. The lowest BCUT2D eigenvalue weighted by molar-refractivity contribution is -0.360. The molecule has 1 saturated carbocycles. The molecular formula is C88H161O25P. The predicted octanol–water partition coefficient (Wildman–Crippen LogP) is 16.0. The number of hydrogen-bond acceptors (Lipinski definition) is 24. The third-order valence-electron chi connectivity index (χ3n) is 22.3. The molecule has 1 aliphatic carbocycles. The Hall–Kier alpha value is -3.05. The highest BCUT2D eigenvalue weighted by atomic mass is 31.2. The number of carbonyl (C=O) groups is 4. The average Bonchev–Trinajstić information content (AvgIpc) is 0.755. The fourth-order valence-corrected chi connectivity index (χ4v) is 15.9. The van der Waals surface area contributed by atoms with Crippen molar-refractivity contribution < 1.29 is 122 Å². The summed E-state index contributed by atoms with van der Waals surface area (Å²) in [6.07, 6.45) is 23.5. The number of allylic oxidation sites excluding steroid dienone is 4. The molecule has 0 amide bonds. The zero-order chi connectivity index (χ0) is 83.4. The van der Waals surface area contributed by atoms with Crippen LogP contribution in [0.2, 0.25) is 0 Å². The lowest BCUT2D eigenvalue weighted by Crippen LogP contribution is -2.70. The summed E-state index contributed by atoms with van der Waals surface area (Å²) in [5.41, 5.74) is 0. The number of aliphatic hydroxyl groups excluding tert-OH is 9. The van der Waals surface area contributed by atoms with E-state index in [1.54, 1.807) is 0 Å². The predicted molar refractivity (Wildman–Crippen MR) is 439 cm³/mol. The van der Waals surface area contributed by atoms with Gasteiger partial charge in [-0.3, -0.25) is 28.2 Å². The summed E-state index contributed by atoms with van der Waals surface area (Å²) in [7, 11) is -5.81. The van der Waals surface area contributed by atoms with E-state index in [1.807, 2.05) is 0 Å². The zero-order valence-electron chi connectivity index (χ0n) is 71.0. The molecule has 3 rings (SSSR count). The molecule has 0 aromatic carbocycles. The highest BCUT2D eigenvalue weighted by Crippen LogP contribution is 2.49. The van der Waals surface area contributed by atoms with E-state index in [0.29, 0.717) is 50.9 Å². The van der Waals surface area contributed by atoms with Gasteiger partial charge in [0, 0.05) is 25.7 Å². The molecule has 26 heteroatoms. The zero-order valence-corrected chi connectivity index (χ0v) is 71.9. The molecule has 19 atom stereocenters. The third-order valence-corrected chi connectivity index (χ3v) is 23.3. The van der Waals surface area contributed by atoms with Crippen molar-refractivity contribution >= 4 is 31.7 Å². The van der Waals surface area contributed by atoms with E-state index in [4.69, 9.17) is 46.9 Å². The second-order valence-electron chi connectivity index (χ2n) is 32.7. The van der Waals surface area contributed by atoms with Crippen LogP contribution in [-0.2, 0) is 70.7 Å². The standard InChI is InChI=1S/C88H161O25P/c1-6-10-14-18-22-25-28-31-34-37-40-47-54-60-72(91)105-66-70-76(95)78(97)82(101)88(109-70)112-85-83(110-74(93)62-56-50-42-39-36-33-30-27-24-20-16-12-8-3)79(98)80(99)84(111-87-81(100)77(96)75(94)69(63-89)108-87)86(85)113-114(102,103)106-65-68(107-73(92)61-55-49-41-38-35-32-29-26-23-19-15-11-7-2)64-104-71(90)59-53-48-44-43-46-52-58-67(5)57-51-45-21-17-13-9-4/h31-32,34-35,67-70,75-89,94-101H,6-30,33,36-66H2,1-5H3,(H,102,103)/b34-31-,35-32-. The number of aliphatic hydroxyl groups is 9. The number of rotatable bonds is 72. The Kier molecular flexibility index (Phi) is 61.5. The van der Waals surface area contributed by atoms with Gasteiger partial charge in [0.25, 0.3) is 0 Å². The first-order valence-electron chi connectivity index (χ1n) is 45.5. The molecule has 668 valence electrons. The minimum Gasteiger partial charge on any atom is -0.463 e. The molecule has 2 aliphatic heterocycles. The minimum atomic E-state index is -5.81. The van der Waals surface area contributed by atoms with Gasteiger partial charge in [-0.05, 0) is 83.0 Å². The van der Waals surface area contributed by atoms with Crippen LogP contribution in [0.1, 0.15) is 375 Å². The molecule has 10 N–H and O–H groups in total. The topological polar surface area (TPSA) is 380 Å². The number of ether oxygens (including phenoxy) is 8. The maximum absolute atomic E-state index is 14.9. The highest BCUT2D eigenvalue weighted by molar-refractivity contribution is 7.47. The largest absolute Gasteiger partial charge is 0.472 e. The molecule has 2 heterocycles. The number of phosphoric ester groups is 1. The molecule has 0 bridgehead atoms. The SMILES string of the molecule is CCCCCCCC/C=C\CCCCCC(=O)OCC1OC(OC2C(OC(=O)CCCCCCCCCCCCCCC)C(O)C(O)C(OC3OC(CO)C(O)C(O)C3O)C2OP(=O)(O)OCC(COC(=O)CCCCCCCCC(C)CCCCCCCC)OC(=O)CCCCC/C=C\CCCCCCCC)C(O)C(O)C1O. The fourth-order valence-electron chi connectivity index (χ4n) is 15.0. The minimum absolute atomic E-state index is 0.00658. The molecule has 0 spiro atoms. The Morgan fingerprint density at radius 1 is 0.368 bits per heavy atom. The first-order chi connectivity index (χ1) is 55.1. The van der Waals surface area contributed by atoms with Crippen LogP contribution in [0.4, 0.5) is 0 Å². The fraction of sp³-hybridized carbons (Fsp3) is 0.909. The molecule has 0 radical (unpaired) electrons. The summed E-state index contributed by atoms with van der Waals surface area (Å²) < 4.78 is 73.3. The van der Waals surface area contributed by atoms with Crippen molar-refractivity contribution in [1.29, 1.82) is 0 Å². The molecule has 3 aliphatic rings. The average molecular weight is 1650 g/mol. The van der Waals surface area contributed by atoms with Crippen molar-refractivity contribution in [1.82, 2.24) is 0 Å². The number of unbranched alkanes of at least 4 members (excludes halogenated alkanes) is 40. The number of esters is 4. The summed E-state index contributed by atoms with van der Waals surface area (Å²) in [6, 6.07) is 0. The number of hydrogen-bond donors (Lipinski definition) is 10. The Morgan fingerprint density at radius 3 is 1.14 bits per heavy atom. The third kappa shape index (κ3) is 47.2. The Balaban J connectivity index is 1.94. The van der Waals surface area contributed by atoms with Gasteiger partial charge >= 0.3 is 31.7 Å². The summed E-state index contributed by atoms with van der Waals surface area (Å²) in [5, 5.41) is 102. The van der Waals surface area contributed by atoms with Crippen molar-refractivity contribution in [3.63, 3.8) is 0 Å². The van der Waals surface area contributed by atoms with Crippen molar-refractivity contribution in [3.05, 3.63) is 24.3 Å². The van der Waals surface area contributed by atoms with Crippen LogP contribution in [0.3, 0.4) is 0 Å². The Morgan fingerprint density at radius 2 is 0.711 bits per heavy atom. The molecule has 19 unspecified atom stereocenters. The molecule has 3 fully saturated rings. The smallest absolute Gasteiger partial charge is 0.463 e. The van der Waals surface area contributed by atoms with Gasteiger partial charge in [-0.15, -0.1) is 0 Å². The van der Waals surface area contributed by atoms with Gasteiger partial charge in [-0.1, -0.05) is 296 Å². The van der Waals surface area contributed by atoms with Crippen molar-refractivity contribution in [2.45, 2.75) is 479 Å². The summed E-state index contributed by atoms with van der Waals surface area (Å²) in [4.78, 5) is 66.3. The Bertz CT molecular complexity index is 2490. The van der Waals surface area contributed by atoms with E-state index in [0.717, 1.165) is 116 Å². The van der Waals surface area contributed by atoms with Gasteiger partial charge in [0.1, 0.15) is 92.6 Å². The van der Waals surface area contributed by atoms with E-state index in [9.17, 15) is 74.6 Å². The van der Waals surface area contributed by atoms with Crippen LogP contribution in [0.15, 0.2) is 24.3 Å². The quantitative estimate of drug-likeness (QED) is 0.00889. The van der Waals surface area contributed by atoms with Gasteiger partial charge in [0.05, 0.1) is 13.2 Å². The van der Waals surface area contributed by atoms with E-state index in [-0.39, 0.29) is 25.7 Å². The normalized spacial score (nSPS) is 25.7. The van der Waals surface area contributed by atoms with Crippen molar-refractivity contribution in [2.24, 2.45) is 5.92 Å². The lowest BCUT2D eigenvalue weighted by atomic mass is 9.84. The van der Waals surface area contributed by atoms with Crippen LogP contribution in [0.5, 0.6) is 0 Å². The molecular weight excluding hydrogens is 1490 g/mol. The van der Waals surface area contributed by atoms with Gasteiger partial charge in [-0.2, -0.15) is 0 Å². The second-order valence-corrected chi connectivity index (χ2v) is 34.1. The Labute approximate surface area is 685 Å². The summed E-state index contributed by atoms with van der Waals surface area (Å²) in [5.74, 6) is -2.32. The van der Waals surface area contributed by atoms with E-state index in [1.165, 1.54) is 154 Å². The first-order valence-corrected chi connectivity index (χ1v) is 47.0. The van der Waals surface area contributed by atoms with Crippen molar-refractivity contribution in [2.75, 3.05) is 26.4 Å². The van der Waals surface area contributed by atoms with Crippen molar-refractivity contribution in [3.8, 4) is 0 Å². The first kappa shape index (κ1) is 105. The van der Waals surface area contributed by atoms with Crippen LogP contribution < -0.4 is 0 Å². The van der Waals surface area contributed by atoms with E-state index >= 15 is 0 Å². The second kappa shape index (κ2) is 66.6.